The van der Waals surface area contributed by atoms with Crippen molar-refractivity contribution in [2.24, 2.45) is 5.92 Å². The molecule has 3 nitrogen and oxygen atoms in total. The number of carbonyl (C=O) groups excluding carboxylic acids is 1. The number of benzene rings is 1. The van der Waals surface area contributed by atoms with Crippen LogP contribution in [0.5, 0.6) is 5.75 Å². The summed E-state index contributed by atoms with van der Waals surface area (Å²) in [6.45, 7) is 0.689. The van der Waals surface area contributed by atoms with E-state index in [4.69, 9.17) is 0 Å². The van der Waals surface area contributed by atoms with E-state index in [1.165, 1.54) is 18.9 Å². The van der Waals surface area contributed by atoms with Crippen molar-refractivity contribution in [1.82, 2.24) is 5.32 Å². The Labute approximate surface area is 130 Å². The summed E-state index contributed by atoms with van der Waals surface area (Å²) in [5.74, 6) is 0.359. The van der Waals surface area contributed by atoms with Crippen LogP contribution in [0.3, 0.4) is 0 Å². The van der Waals surface area contributed by atoms with E-state index in [9.17, 15) is 9.90 Å². The van der Waals surface area contributed by atoms with Crippen LogP contribution in [0.25, 0.3) is 0 Å². The normalized spacial score (nSPS) is 23.1. The molecular formula is C14H17Br2NO2. The largest absolute Gasteiger partial charge is 0.507 e. The Morgan fingerprint density at radius 2 is 2.00 bits per heavy atom. The van der Waals surface area contributed by atoms with Gasteiger partial charge in [-0.05, 0) is 49.8 Å². The van der Waals surface area contributed by atoms with Crippen molar-refractivity contribution in [2.45, 2.75) is 30.5 Å². The van der Waals surface area contributed by atoms with Gasteiger partial charge in [-0.3, -0.25) is 4.79 Å². The zero-order valence-electron chi connectivity index (χ0n) is 10.5. The fraction of sp³-hybridized carbons (Fsp3) is 0.500. The molecule has 1 aliphatic carbocycles. The maximum atomic E-state index is 12.0. The van der Waals surface area contributed by atoms with Gasteiger partial charge in [0.15, 0.2) is 0 Å². The van der Waals surface area contributed by atoms with Crippen molar-refractivity contribution in [3.8, 4) is 5.75 Å². The molecule has 0 saturated heterocycles. The number of halogens is 2. The molecule has 0 aliphatic heterocycles. The molecule has 2 rings (SSSR count). The summed E-state index contributed by atoms with van der Waals surface area (Å²) in [7, 11) is 0. The zero-order valence-corrected chi connectivity index (χ0v) is 13.7. The monoisotopic (exact) mass is 389 g/mol. The molecule has 0 heterocycles. The molecule has 19 heavy (non-hydrogen) atoms. The van der Waals surface area contributed by atoms with Gasteiger partial charge in [0, 0.05) is 15.8 Å². The van der Waals surface area contributed by atoms with Crippen LogP contribution in [0, 0.1) is 5.92 Å². The molecule has 2 N–H and O–H groups in total. The van der Waals surface area contributed by atoms with Crippen molar-refractivity contribution in [3.05, 3.63) is 28.2 Å². The quantitative estimate of drug-likeness (QED) is 0.770. The fourth-order valence-corrected chi connectivity index (χ4v) is 3.23. The van der Waals surface area contributed by atoms with Crippen LogP contribution in [-0.2, 0) is 0 Å². The van der Waals surface area contributed by atoms with Gasteiger partial charge in [0.25, 0.3) is 5.91 Å². The van der Waals surface area contributed by atoms with Gasteiger partial charge in [-0.2, -0.15) is 0 Å². The van der Waals surface area contributed by atoms with Gasteiger partial charge >= 0.3 is 0 Å². The van der Waals surface area contributed by atoms with Crippen molar-refractivity contribution in [1.29, 1.82) is 0 Å². The highest BCUT2D eigenvalue weighted by molar-refractivity contribution is 9.10. The van der Waals surface area contributed by atoms with Gasteiger partial charge in [-0.1, -0.05) is 31.9 Å². The summed E-state index contributed by atoms with van der Waals surface area (Å²) in [5, 5.41) is 12.7. The van der Waals surface area contributed by atoms with E-state index in [-0.39, 0.29) is 11.7 Å². The van der Waals surface area contributed by atoms with Gasteiger partial charge in [0.1, 0.15) is 5.75 Å². The molecule has 0 aromatic heterocycles. The Bertz CT molecular complexity index is 457. The lowest BCUT2D eigenvalue weighted by Gasteiger charge is -2.25. The number of carbonyl (C=O) groups is 1. The van der Waals surface area contributed by atoms with Crippen LogP contribution in [0.2, 0.25) is 0 Å². The minimum atomic E-state index is -0.203. The van der Waals surface area contributed by atoms with E-state index in [0.717, 1.165) is 17.3 Å². The minimum Gasteiger partial charge on any atom is -0.507 e. The van der Waals surface area contributed by atoms with E-state index in [0.29, 0.717) is 22.9 Å². The number of alkyl halides is 1. The fourth-order valence-electron chi connectivity index (χ4n) is 2.35. The Morgan fingerprint density at radius 1 is 1.32 bits per heavy atom. The summed E-state index contributed by atoms with van der Waals surface area (Å²) >= 11 is 6.88. The summed E-state index contributed by atoms with van der Waals surface area (Å²) in [5.41, 5.74) is 0.331. The molecule has 1 saturated carbocycles. The van der Waals surface area contributed by atoms with E-state index < -0.39 is 0 Å². The maximum absolute atomic E-state index is 12.0. The molecule has 1 aliphatic rings. The van der Waals surface area contributed by atoms with Gasteiger partial charge in [0.2, 0.25) is 0 Å². The highest BCUT2D eigenvalue weighted by Gasteiger charge is 2.20. The second-order valence-corrected chi connectivity index (χ2v) is 7.20. The first-order valence-electron chi connectivity index (χ1n) is 6.47. The lowest BCUT2D eigenvalue weighted by Crippen LogP contribution is -2.31. The van der Waals surface area contributed by atoms with Crippen LogP contribution >= 0.6 is 31.9 Å². The molecular weight excluding hydrogens is 374 g/mol. The van der Waals surface area contributed by atoms with E-state index >= 15 is 0 Å². The van der Waals surface area contributed by atoms with Crippen LogP contribution < -0.4 is 5.32 Å². The predicted molar refractivity (Wildman–Crippen MR) is 82.8 cm³/mol. The van der Waals surface area contributed by atoms with E-state index in [1.807, 2.05) is 0 Å². The standard InChI is InChI=1S/C14H17Br2NO2/c15-10-3-1-9(2-4-10)8-17-14(19)12-6-5-11(16)7-13(12)18/h5-7,9-10,18H,1-4,8H2,(H,17,19). The van der Waals surface area contributed by atoms with E-state index in [2.05, 4.69) is 37.2 Å². The van der Waals surface area contributed by atoms with Crippen molar-refractivity contribution >= 4 is 37.8 Å². The molecule has 1 fully saturated rings. The average Bonchev–Trinajstić information content (AvgIpc) is 2.37. The Hall–Kier alpha value is -0.550. The summed E-state index contributed by atoms with van der Waals surface area (Å²) < 4.78 is 0.761. The number of phenolic OH excluding ortho intramolecular Hbond substituents is 1. The number of phenols is 1. The molecule has 0 atom stereocenters. The minimum absolute atomic E-state index is 0.0102. The SMILES string of the molecule is O=C(NCC1CCC(Br)CC1)c1ccc(Br)cc1O. The highest BCUT2D eigenvalue weighted by atomic mass is 79.9. The lowest BCUT2D eigenvalue weighted by molar-refractivity contribution is 0.0941. The van der Waals surface area contributed by atoms with Gasteiger partial charge in [-0.25, -0.2) is 0 Å². The number of aromatic hydroxyl groups is 1. The Balaban J connectivity index is 1.87. The predicted octanol–water partition coefficient (Wildman–Crippen LogP) is 3.84. The number of amides is 1. The van der Waals surface area contributed by atoms with E-state index in [1.54, 1.807) is 12.1 Å². The molecule has 1 aromatic rings. The Morgan fingerprint density at radius 3 is 2.63 bits per heavy atom. The van der Waals surface area contributed by atoms with Gasteiger partial charge < -0.3 is 10.4 Å². The first-order chi connectivity index (χ1) is 9.06. The molecule has 0 bridgehead atoms. The van der Waals surface area contributed by atoms with Crippen LogP contribution in [-0.4, -0.2) is 22.4 Å². The topological polar surface area (TPSA) is 49.3 Å². The molecule has 1 amide bonds. The molecule has 0 unspecified atom stereocenters. The number of hydrogen-bond acceptors (Lipinski definition) is 2. The first-order valence-corrected chi connectivity index (χ1v) is 8.18. The third kappa shape index (κ3) is 4.21. The third-order valence-electron chi connectivity index (χ3n) is 3.53. The lowest BCUT2D eigenvalue weighted by atomic mass is 9.89. The van der Waals surface area contributed by atoms with Gasteiger partial charge in [-0.15, -0.1) is 0 Å². The summed E-state index contributed by atoms with van der Waals surface area (Å²) in [4.78, 5) is 12.6. The van der Waals surface area contributed by atoms with Crippen molar-refractivity contribution in [2.75, 3.05) is 6.54 Å². The summed E-state index contributed by atoms with van der Waals surface area (Å²) in [6, 6.07) is 4.92. The molecule has 0 radical (unpaired) electrons. The first kappa shape index (κ1) is 14.9. The number of rotatable bonds is 3. The molecule has 5 heteroatoms. The average molecular weight is 391 g/mol. The van der Waals surface area contributed by atoms with Crippen molar-refractivity contribution in [3.63, 3.8) is 0 Å². The van der Waals surface area contributed by atoms with Gasteiger partial charge in [0.05, 0.1) is 5.56 Å². The second-order valence-electron chi connectivity index (χ2n) is 4.99. The van der Waals surface area contributed by atoms with Crippen LogP contribution in [0.15, 0.2) is 22.7 Å². The Kier molecular flexibility index (Phi) is 5.28. The number of hydrogen-bond donors (Lipinski definition) is 2. The molecule has 104 valence electrons. The third-order valence-corrected chi connectivity index (χ3v) is 4.94. The summed E-state index contributed by atoms with van der Waals surface area (Å²) in [6.07, 6.45) is 4.62. The highest BCUT2D eigenvalue weighted by Crippen LogP contribution is 2.28. The maximum Gasteiger partial charge on any atom is 0.255 e. The van der Waals surface area contributed by atoms with Crippen molar-refractivity contribution < 1.29 is 9.90 Å². The van der Waals surface area contributed by atoms with Crippen LogP contribution in [0.1, 0.15) is 36.0 Å². The smallest absolute Gasteiger partial charge is 0.255 e. The van der Waals surface area contributed by atoms with Crippen LogP contribution in [0.4, 0.5) is 0 Å². The second kappa shape index (κ2) is 6.75. The molecule has 1 aromatic carbocycles. The molecule has 0 spiro atoms. The zero-order chi connectivity index (χ0) is 13.8. The number of nitrogens with one attached hydrogen (secondary N) is 1.